The Morgan fingerprint density at radius 3 is 2.76 bits per heavy atom. The quantitative estimate of drug-likeness (QED) is 0.788. The molecule has 0 aromatic heterocycles. The third kappa shape index (κ3) is 5.84. The molecular weight excluding hydrogens is 236 g/mol. The SMILES string of the molecule is CCCS(=O)(=O)NC(C)CN1CCCC(C)C1. The van der Waals surface area contributed by atoms with Gasteiger partial charge in [-0.2, -0.15) is 0 Å². The maximum absolute atomic E-state index is 11.6. The molecule has 102 valence electrons. The summed E-state index contributed by atoms with van der Waals surface area (Å²) < 4.78 is 26.0. The lowest BCUT2D eigenvalue weighted by atomic mass is 10.00. The fourth-order valence-electron chi connectivity index (χ4n) is 2.51. The van der Waals surface area contributed by atoms with Crippen LogP contribution in [0.1, 0.15) is 40.0 Å². The van der Waals surface area contributed by atoms with Crippen molar-refractivity contribution in [3.05, 3.63) is 0 Å². The van der Waals surface area contributed by atoms with Gasteiger partial charge in [0.25, 0.3) is 0 Å². The Morgan fingerprint density at radius 1 is 1.47 bits per heavy atom. The Balaban J connectivity index is 2.36. The van der Waals surface area contributed by atoms with Gasteiger partial charge in [0.15, 0.2) is 0 Å². The summed E-state index contributed by atoms with van der Waals surface area (Å²) in [6.07, 6.45) is 3.20. The van der Waals surface area contributed by atoms with Crippen LogP contribution in [0.4, 0.5) is 0 Å². The van der Waals surface area contributed by atoms with E-state index in [-0.39, 0.29) is 11.8 Å². The molecule has 0 spiro atoms. The molecule has 1 saturated heterocycles. The molecule has 2 atom stereocenters. The predicted molar refractivity (Wildman–Crippen MR) is 71.5 cm³/mol. The number of rotatable bonds is 6. The predicted octanol–water partition coefficient (Wildman–Crippen LogP) is 1.44. The summed E-state index contributed by atoms with van der Waals surface area (Å²) >= 11 is 0. The van der Waals surface area contributed by atoms with E-state index in [0.717, 1.165) is 25.6 Å². The molecule has 4 nitrogen and oxygen atoms in total. The first kappa shape index (κ1) is 14.9. The van der Waals surface area contributed by atoms with Crippen LogP contribution in [0.2, 0.25) is 0 Å². The van der Waals surface area contributed by atoms with Gasteiger partial charge in [0.05, 0.1) is 5.75 Å². The van der Waals surface area contributed by atoms with Crippen LogP contribution < -0.4 is 4.72 Å². The summed E-state index contributed by atoms with van der Waals surface area (Å²) in [5.41, 5.74) is 0. The molecule has 1 aliphatic rings. The molecule has 1 N–H and O–H groups in total. The van der Waals surface area contributed by atoms with Crippen LogP contribution in [0, 0.1) is 5.92 Å². The third-order valence-corrected chi connectivity index (χ3v) is 4.83. The van der Waals surface area contributed by atoms with E-state index in [1.54, 1.807) is 0 Å². The van der Waals surface area contributed by atoms with Crippen molar-refractivity contribution in [1.29, 1.82) is 0 Å². The maximum Gasteiger partial charge on any atom is 0.211 e. The molecule has 1 rings (SSSR count). The molecule has 0 aromatic rings. The number of likely N-dealkylation sites (tertiary alicyclic amines) is 1. The summed E-state index contributed by atoms with van der Waals surface area (Å²) in [6.45, 7) is 9.12. The number of hydrogen-bond acceptors (Lipinski definition) is 3. The van der Waals surface area contributed by atoms with Crippen molar-refractivity contribution in [3.8, 4) is 0 Å². The summed E-state index contributed by atoms with van der Waals surface area (Å²) in [5, 5.41) is 0. The van der Waals surface area contributed by atoms with Gasteiger partial charge in [0.2, 0.25) is 10.0 Å². The number of piperidine rings is 1. The zero-order valence-corrected chi connectivity index (χ0v) is 12.1. The van der Waals surface area contributed by atoms with Crippen molar-refractivity contribution in [1.82, 2.24) is 9.62 Å². The highest BCUT2D eigenvalue weighted by molar-refractivity contribution is 7.89. The Labute approximate surface area is 106 Å². The van der Waals surface area contributed by atoms with E-state index in [1.807, 2.05) is 13.8 Å². The summed E-state index contributed by atoms with van der Waals surface area (Å²) in [5.74, 6) is 0.969. The van der Waals surface area contributed by atoms with Crippen molar-refractivity contribution >= 4 is 10.0 Å². The van der Waals surface area contributed by atoms with Gasteiger partial charge in [0.1, 0.15) is 0 Å². The second-order valence-electron chi connectivity index (χ2n) is 5.34. The van der Waals surface area contributed by atoms with E-state index >= 15 is 0 Å². The molecule has 5 heteroatoms. The largest absolute Gasteiger partial charge is 0.301 e. The highest BCUT2D eigenvalue weighted by atomic mass is 32.2. The van der Waals surface area contributed by atoms with E-state index in [1.165, 1.54) is 12.8 Å². The Morgan fingerprint density at radius 2 is 2.18 bits per heavy atom. The van der Waals surface area contributed by atoms with Crippen molar-refractivity contribution in [3.63, 3.8) is 0 Å². The van der Waals surface area contributed by atoms with Gasteiger partial charge in [-0.05, 0) is 38.6 Å². The smallest absolute Gasteiger partial charge is 0.211 e. The third-order valence-electron chi connectivity index (χ3n) is 3.13. The Bertz CT molecular complexity index is 316. The average molecular weight is 262 g/mol. The molecule has 1 heterocycles. The van der Waals surface area contributed by atoms with Crippen molar-refractivity contribution in [2.45, 2.75) is 46.1 Å². The molecule has 0 amide bonds. The molecule has 0 radical (unpaired) electrons. The first-order valence-corrected chi connectivity index (χ1v) is 8.30. The topological polar surface area (TPSA) is 49.4 Å². The second kappa shape index (κ2) is 6.71. The molecule has 1 aliphatic heterocycles. The number of sulfonamides is 1. The zero-order valence-electron chi connectivity index (χ0n) is 11.3. The van der Waals surface area contributed by atoms with Crippen molar-refractivity contribution < 1.29 is 8.42 Å². The summed E-state index contributed by atoms with van der Waals surface area (Å²) in [6, 6.07) is 0.0110. The summed E-state index contributed by atoms with van der Waals surface area (Å²) in [7, 11) is -3.07. The number of nitrogens with zero attached hydrogens (tertiary/aromatic N) is 1. The van der Waals surface area contributed by atoms with Crippen LogP contribution >= 0.6 is 0 Å². The molecule has 0 aliphatic carbocycles. The van der Waals surface area contributed by atoms with Crippen molar-refractivity contribution in [2.75, 3.05) is 25.4 Å². The fourth-order valence-corrected chi connectivity index (χ4v) is 3.85. The average Bonchev–Trinajstić information content (AvgIpc) is 2.15. The lowest BCUT2D eigenvalue weighted by Gasteiger charge is -2.32. The first-order valence-electron chi connectivity index (χ1n) is 6.65. The van der Waals surface area contributed by atoms with Crippen LogP contribution in [-0.4, -0.2) is 44.7 Å². The zero-order chi connectivity index (χ0) is 12.9. The normalized spacial score (nSPS) is 24.8. The standard InChI is InChI=1S/C12H26N2O2S/c1-4-8-17(15,16)13-12(3)10-14-7-5-6-11(2)9-14/h11-13H,4-10H2,1-3H3. The molecule has 0 saturated carbocycles. The van der Waals surface area contributed by atoms with Gasteiger partial charge in [-0.25, -0.2) is 13.1 Å². The first-order chi connectivity index (χ1) is 7.93. The van der Waals surface area contributed by atoms with E-state index in [4.69, 9.17) is 0 Å². The highest BCUT2D eigenvalue weighted by Gasteiger charge is 2.20. The van der Waals surface area contributed by atoms with Gasteiger partial charge in [0, 0.05) is 19.1 Å². The number of nitrogens with one attached hydrogen (secondary N) is 1. The van der Waals surface area contributed by atoms with Crippen LogP contribution in [-0.2, 0) is 10.0 Å². The molecule has 0 bridgehead atoms. The van der Waals surface area contributed by atoms with Gasteiger partial charge < -0.3 is 4.90 Å². The minimum Gasteiger partial charge on any atom is -0.301 e. The fraction of sp³-hybridized carbons (Fsp3) is 1.00. The minimum absolute atomic E-state index is 0.0110. The van der Waals surface area contributed by atoms with Crippen LogP contribution in [0.25, 0.3) is 0 Å². The lowest BCUT2D eigenvalue weighted by molar-refractivity contribution is 0.174. The molecule has 0 aromatic carbocycles. The molecular formula is C12H26N2O2S. The van der Waals surface area contributed by atoms with E-state index in [0.29, 0.717) is 6.42 Å². The van der Waals surface area contributed by atoms with Gasteiger partial charge in [-0.3, -0.25) is 0 Å². The van der Waals surface area contributed by atoms with E-state index in [2.05, 4.69) is 16.5 Å². The molecule has 2 unspecified atom stereocenters. The van der Waals surface area contributed by atoms with Crippen LogP contribution in [0.3, 0.4) is 0 Å². The van der Waals surface area contributed by atoms with E-state index in [9.17, 15) is 8.42 Å². The Hall–Kier alpha value is -0.130. The maximum atomic E-state index is 11.6. The molecule has 1 fully saturated rings. The van der Waals surface area contributed by atoms with Crippen molar-refractivity contribution in [2.24, 2.45) is 5.92 Å². The second-order valence-corrected chi connectivity index (χ2v) is 7.22. The Kier molecular flexibility index (Phi) is 5.89. The van der Waals surface area contributed by atoms with E-state index < -0.39 is 10.0 Å². The van der Waals surface area contributed by atoms with Crippen LogP contribution in [0.15, 0.2) is 0 Å². The monoisotopic (exact) mass is 262 g/mol. The van der Waals surface area contributed by atoms with Crippen LogP contribution in [0.5, 0.6) is 0 Å². The highest BCUT2D eigenvalue weighted by Crippen LogP contribution is 2.15. The summed E-state index contributed by atoms with van der Waals surface area (Å²) in [4.78, 5) is 2.37. The lowest BCUT2D eigenvalue weighted by Crippen LogP contribution is -2.45. The number of hydrogen-bond donors (Lipinski definition) is 1. The minimum atomic E-state index is -3.07. The van der Waals surface area contributed by atoms with Gasteiger partial charge in [-0.15, -0.1) is 0 Å². The van der Waals surface area contributed by atoms with Gasteiger partial charge in [-0.1, -0.05) is 13.8 Å². The van der Waals surface area contributed by atoms with Gasteiger partial charge >= 0.3 is 0 Å². The molecule has 17 heavy (non-hydrogen) atoms.